The first-order valence-electron chi connectivity index (χ1n) is 10.3. The molecule has 0 aromatic heterocycles. The molecule has 1 aliphatic heterocycles. The van der Waals surface area contributed by atoms with Crippen LogP contribution in [0.15, 0.2) is 54.6 Å². The van der Waals surface area contributed by atoms with E-state index in [2.05, 4.69) is 0 Å². The van der Waals surface area contributed by atoms with Gasteiger partial charge in [0.25, 0.3) is 0 Å². The number of fused-ring (bicyclic) bond motifs is 1. The van der Waals surface area contributed by atoms with Crippen LogP contribution in [-0.4, -0.2) is 49.3 Å². The molecule has 7 nitrogen and oxygen atoms in total. The average Bonchev–Trinajstić information content (AvgIpc) is 3.20. The van der Waals surface area contributed by atoms with Crippen LogP contribution in [0.1, 0.15) is 30.0 Å². The predicted octanol–water partition coefficient (Wildman–Crippen LogP) is 4.03. The molecule has 0 saturated carbocycles. The SMILES string of the molecule is COc1cc([C@@H](c2cccc3ccccc23)N2C(=O)CC[C@H]2C(=O)O)cc(OC)c1OC. The Morgan fingerprint density at radius 1 is 1.00 bits per heavy atom. The summed E-state index contributed by atoms with van der Waals surface area (Å²) in [7, 11) is 4.57. The second kappa shape index (κ2) is 8.78. The van der Waals surface area contributed by atoms with E-state index in [0.29, 0.717) is 22.8 Å². The topological polar surface area (TPSA) is 85.3 Å². The second-order valence-electron chi connectivity index (χ2n) is 7.62. The Hall–Kier alpha value is -3.74. The van der Waals surface area contributed by atoms with Crippen molar-refractivity contribution in [2.45, 2.75) is 24.9 Å². The standard InChI is InChI=1S/C25H25NO6/c1-30-20-13-16(14-21(31-2)24(20)32-3)23(26-19(25(28)29)11-12-22(26)27)18-10-6-8-15-7-4-5-9-17(15)18/h4-10,13-14,19,23H,11-12H2,1-3H3,(H,28,29)/t19-,23-/m0/s1. The van der Waals surface area contributed by atoms with E-state index in [-0.39, 0.29) is 18.7 Å². The minimum Gasteiger partial charge on any atom is -0.493 e. The lowest BCUT2D eigenvalue weighted by Crippen LogP contribution is -2.41. The number of likely N-dealkylation sites (tertiary alicyclic amines) is 1. The molecule has 0 aliphatic carbocycles. The molecule has 1 fully saturated rings. The molecule has 1 amide bonds. The number of amides is 1. The van der Waals surface area contributed by atoms with E-state index in [1.165, 1.54) is 26.2 Å². The fourth-order valence-electron chi connectivity index (χ4n) is 4.51. The lowest BCUT2D eigenvalue weighted by molar-refractivity contribution is -0.147. The number of hydrogen-bond acceptors (Lipinski definition) is 5. The number of benzene rings is 3. The van der Waals surface area contributed by atoms with Gasteiger partial charge in [0.2, 0.25) is 11.7 Å². The number of nitrogens with zero attached hydrogens (tertiary/aromatic N) is 1. The molecule has 3 aromatic rings. The molecule has 1 saturated heterocycles. The summed E-state index contributed by atoms with van der Waals surface area (Å²) >= 11 is 0. The van der Waals surface area contributed by atoms with Crippen molar-refractivity contribution in [2.75, 3.05) is 21.3 Å². The highest BCUT2D eigenvalue weighted by atomic mass is 16.5. The van der Waals surface area contributed by atoms with Crippen LogP contribution in [0.5, 0.6) is 17.2 Å². The summed E-state index contributed by atoms with van der Waals surface area (Å²) in [5, 5.41) is 11.8. The van der Waals surface area contributed by atoms with Crippen LogP contribution in [0.2, 0.25) is 0 Å². The van der Waals surface area contributed by atoms with Gasteiger partial charge in [-0.15, -0.1) is 0 Å². The van der Waals surface area contributed by atoms with Crippen LogP contribution >= 0.6 is 0 Å². The number of carbonyl (C=O) groups excluding carboxylic acids is 1. The molecular formula is C25H25NO6. The normalized spacial score (nSPS) is 16.8. The zero-order chi connectivity index (χ0) is 22.8. The van der Waals surface area contributed by atoms with Crippen molar-refractivity contribution in [3.05, 3.63) is 65.7 Å². The smallest absolute Gasteiger partial charge is 0.326 e. The summed E-state index contributed by atoms with van der Waals surface area (Å²) in [6.07, 6.45) is 0.447. The van der Waals surface area contributed by atoms with E-state index in [0.717, 1.165) is 16.3 Å². The Labute approximate surface area is 186 Å². The van der Waals surface area contributed by atoms with Crippen molar-refractivity contribution in [3.63, 3.8) is 0 Å². The molecule has 0 bridgehead atoms. The minimum atomic E-state index is -1.02. The Morgan fingerprint density at radius 2 is 1.66 bits per heavy atom. The average molecular weight is 435 g/mol. The van der Waals surface area contributed by atoms with Crippen molar-refractivity contribution >= 4 is 22.6 Å². The van der Waals surface area contributed by atoms with Crippen LogP contribution in [0.3, 0.4) is 0 Å². The predicted molar refractivity (Wildman–Crippen MR) is 119 cm³/mol. The molecule has 1 N–H and O–H groups in total. The largest absolute Gasteiger partial charge is 0.493 e. The highest BCUT2D eigenvalue weighted by Gasteiger charge is 2.42. The first-order valence-corrected chi connectivity index (χ1v) is 10.3. The molecule has 7 heteroatoms. The van der Waals surface area contributed by atoms with Crippen LogP contribution in [0.25, 0.3) is 10.8 Å². The van der Waals surface area contributed by atoms with Gasteiger partial charge in [-0.3, -0.25) is 4.79 Å². The number of hydrogen-bond donors (Lipinski definition) is 1. The van der Waals surface area contributed by atoms with Crippen molar-refractivity contribution < 1.29 is 28.9 Å². The molecule has 4 rings (SSSR count). The molecule has 1 aliphatic rings. The molecule has 1 heterocycles. The molecule has 3 aromatic carbocycles. The van der Waals surface area contributed by atoms with E-state index in [4.69, 9.17) is 14.2 Å². The van der Waals surface area contributed by atoms with Crippen LogP contribution in [-0.2, 0) is 9.59 Å². The third-order valence-electron chi connectivity index (χ3n) is 5.94. The first kappa shape index (κ1) is 21.5. The lowest BCUT2D eigenvalue weighted by Gasteiger charge is -2.33. The van der Waals surface area contributed by atoms with Gasteiger partial charge in [0, 0.05) is 6.42 Å². The van der Waals surface area contributed by atoms with Crippen LogP contribution < -0.4 is 14.2 Å². The maximum Gasteiger partial charge on any atom is 0.326 e. The number of aliphatic carboxylic acids is 1. The number of methoxy groups -OCH3 is 3. The summed E-state index contributed by atoms with van der Waals surface area (Å²) in [5.74, 6) is 0.0757. The van der Waals surface area contributed by atoms with Gasteiger partial charge in [0.05, 0.1) is 27.4 Å². The van der Waals surface area contributed by atoms with Gasteiger partial charge in [0.15, 0.2) is 11.5 Å². The summed E-state index contributed by atoms with van der Waals surface area (Å²) in [4.78, 5) is 26.6. The van der Waals surface area contributed by atoms with Gasteiger partial charge < -0.3 is 24.2 Å². The molecule has 166 valence electrons. The zero-order valence-corrected chi connectivity index (χ0v) is 18.2. The monoisotopic (exact) mass is 435 g/mol. The highest BCUT2D eigenvalue weighted by Crippen LogP contribution is 2.45. The Kier molecular flexibility index (Phi) is 5.90. The number of carbonyl (C=O) groups is 2. The fourth-order valence-corrected chi connectivity index (χ4v) is 4.51. The maximum absolute atomic E-state index is 13.0. The summed E-state index contributed by atoms with van der Waals surface area (Å²) < 4.78 is 16.5. The molecule has 0 unspecified atom stereocenters. The molecule has 0 radical (unpaired) electrons. The minimum absolute atomic E-state index is 0.183. The van der Waals surface area contributed by atoms with Crippen molar-refractivity contribution in [3.8, 4) is 17.2 Å². The van der Waals surface area contributed by atoms with E-state index in [1.54, 1.807) is 12.1 Å². The van der Waals surface area contributed by atoms with E-state index < -0.39 is 18.1 Å². The molecular weight excluding hydrogens is 410 g/mol. The van der Waals surface area contributed by atoms with Crippen molar-refractivity contribution in [2.24, 2.45) is 0 Å². The van der Waals surface area contributed by atoms with Crippen molar-refractivity contribution in [1.29, 1.82) is 0 Å². The Bertz CT molecular complexity index is 1140. The number of rotatable bonds is 7. The van der Waals surface area contributed by atoms with E-state index in [1.807, 2.05) is 42.5 Å². The third kappa shape index (κ3) is 3.60. The molecule has 32 heavy (non-hydrogen) atoms. The van der Waals surface area contributed by atoms with Gasteiger partial charge >= 0.3 is 5.97 Å². The summed E-state index contributed by atoms with van der Waals surface area (Å²) in [6, 6.07) is 15.7. The van der Waals surface area contributed by atoms with Gasteiger partial charge in [-0.25, -0.2) is 4.79 Å². The maximum atomic E-state index is 13.0. The van der Waals surface area contributed by atoms with Gasteiger partial charge in [0.1, 0.15) is 6.04 Å². The zero-order valence-electron chi connectivity index (χ0n) is 18.2. The van der Waals surface area contributed by atoms with Crippen LogP contribution in [0.4, 0.5) is 0 Å². The summed E-state index contributed by atoms with van der Waals surface area (Å²) in [5.41, 5.74) is 1.51. The first-order chi connectivity index (χ1) is 15.5. The summed E-state index contributed by atoms with van der Waals surface area (Å²) in [6.45, 7) is 0. The van der Waals surface area contributed by atoms with Gasteiger partial charge in [-0.1, -0.05) is 42.5 Å². The Balaban J connectivity index is 2.01. The highest BCUT2D eigenvalue weighted by molar-refractivity contribution is 5.91. The quantitative estimate of drug-likeness (QED) is 0.603. The van der Waals surface area contributed by atoms with E-state index in [9.17, 15) is 14.7 Å². The Morgan fingerprint density at radius 3 is 2.28 bits per heavy atom. The van der Waals surface area contributed by atoms with Crippen molar-refractivity contribution in [1.82, 2.24) is 4.90 Å². The van der Waals surface area contributed by atoms with E-state index >= 15 is 0 Å². The van der Waals surface area contributed by atoms with Gasteiger partial charge in [-0.2, -0.15) is 0 Å². The number of carboxylic acid groups (broad SMARTS) is 1. The second-order valence-corrected chi connectivity index (χ2v) is 7.62. The molecule has 2 atom stereocenters. The fraction of sp³-hybridized carbons (Fsp3) is 0.280. The molecule has 0 spiro atoms. The van der Waals surface area contributed by atoms with Crippen LogP contribution in [0, 0.1) is 0 Å². The third-order valence-corrected chi connectivity index (χ3v) is 5.94. The number of ether oxygens (including phenoxy) is 3. The van der Waals surface area contributed by atoms with Gasteiger partial charge in [-0.05, 0) is 40.5 Å². The lowest BCUT2D eigenvalue weighted by atomic mass is 9.91. The number of carboxylic acids is 1.